The third-order valence-electron chi connectivity index (χ3n) is 4.68. The maximum absolute atomic E-state index is 12.5. The second-order valence-electron chi connectivity index (χ2n) is 6.82. The minimum atomic E-state index is -0.0946. The molecule has 0 fully saturated rings. The molecule has 0 aromatic heterocycles. The van der Waals surface area contributed by atoms with Crippen molar-refractivity contribution in [3.05, 3.63) is 89.0 Å². The molecular weight excluding hydrogens is 370 g/mol. The molecule has 3 aromatic rings. The molecular formula is C24H20ClNO2. The summed E-state index contributed by atoms with van der Waals surface area (Å²) in [6.45, 7) is 2.04. The van der Waals surface area contributed by atoms with Crippen LogP contribution in [0.25, 0.3) is 11.6 Å². The van der Waals surface area contributed by atoms with Crippen LogP contribution in [-0.2, 0) is 11.2 Å². The zero-order valence-electron chi connectivity index (χ0n) is 15.5. The van der Waals surface area contributed by atoms with Crippen molar-refractivity contribution in [2.45, 2.75) is 13.3 Å². The predicted molar refractivity (Wildman–Crippen MR) is 115 cm³/mol. The lowest BCUT2D eigenvalue weighted by atomic mass is 10.0. The van der Waals surface area contributed by atoms with E-state index in [0.717, 1.165) is 40.3 Å². The zero-order valence-corrected chi connectivity index (χ0v) is 16.3. The van der Waals surface area contributed by atoms with Crippen molar-refractivity contribution in [1.29, 1.82) is 0 Å². The summed E-state index contributed by atoms with van der Waals surface area (Å²) in [5, 5.41) is 2.93. The van der Waals surface area contributed by atoms with Crippen LogP contribution in [0.5, 0.6) is 11.5 Å². The third kappa shape index (κ3) is 3.95. The minimum absolute atomic E-state index is 0.0946. The number of carbonyl (C=O) groups excluding carboxylic acids is 1. The molecule has 1 heterocycles. The number of rotatable bonds is 5. The van der Waals surface area contributed by atoms with Crippen LogP contribution in [0.1, 0.15) is 22.3 Å². The number of hydrogen-bond acceptors (Lipinski definition) is 2. The van der Waals surface area contributed by atoms with Gasteiger partial charge in [0.05, 0.1) is 0 Å². The summed E-state index contributed by atoms with van der Waals surface area (Å²) in [4.78, 5) is 12.5. The van der Waals surface area contributed by atoms with Gasteiger partial charge in [-0.15, -0.1) is 11.6 Å². The lowest BCUT2D eigenvalue weighted by Gasteiger charge is -2.07. The van der Waals surface area contributed by atoms with E-state index in [9.17, 15) is 4.79 Å². The van der Waals surface area contributed by atoms with Crippen LogP contribution in [0, 0.1) is 6.92 Å². The molecule has 0 spiro atoms. The largest absolute Gasteiger partial charge is 0.457 e. The van der Waals surface area contributed by atoms with Gasteiger partial charge in [-0.3, -0.25) is 4.79 Å². The fourth-order valence-corrected chi connectivity index (χ4v) is 3.44. The van der Waals surface area contributed by atoms with E-state index in [4.69, 9.17) is 16.3 Å². The summed E-state index contributed by atoms with van der Waals surface area (Å²) in [6.07, 6.45) is 2.67. The monoisotopic (exact) mass is 389 g/mol. The number of hydrogen-bond donors (Lipinski definition) is 1. The first-order chi connectivity index (χ1) is 13.6. The molecule has 1 amide bonds. The van der Waals surface area contributed by atoms with Crippen molar-refractivity contribution in [2.75, 3.05) is 11.2 Å². The Bertz CT molecular complexity index is 1050. The van der Waals surface area contributed by atoms with E-state index in [1.807, 2.05) is 79.7 Å². The van der Waals surface area contributed by atoms with Gasteiger partial charge in [-0.25, -0.2) is 0 Å². The number of aryl methyl sites for hydroxylation is 2. The third-order valence-corrected chi connectivity index (χ3v) is 4.86. The number of anilines is 1. The average molecular weight is 390 g/mol. The Morgan fingerprint density at radius 3 is 2.61 bits per heavy atom. The number of halogens is 1. The molecule has 0 saturated carbocycles. The van der Waals surface area contributed by atoms with Crippen LogP contribution in [0.2, 0.25) is 0 Å². The molecule has 3 nitrogen and oxygen atoms in total. The van der Waals surface area contributed by atoms with Gasteiger partial charge in [0, 0.05) is 22.7 Å². The van der Waals surface area contributed by atoms with E-state index < -0.39 is 0 Å². The van der Waals surface area contributed by atoms with Gasteiger partial charge < -0.3 is 10.1 Å². The van der Waals surface area contributed by atoms with Crippen LogP contribution in [0.3, 0.4) is 0 Å². The number of benzene rings is 3. The molecule has 0 saturated heterocycles. The molecule has 1 aliphatic heterocycles. The van der Waals surface area contributed by atoms with E-state index in [2.05, 4.69) is 5.32 Å². The zero-order chi connectivity index (χ0) is 19.5. The highest BCUT2D eigenvalue weighted by Crippen LogP contribution is 2.34. The van der Waals surface area contributed by atoms with Crippen LogP contribution in [0.15, 0.2) is 66.7 Å². The van der Waals surface area contributed by atoms with Crippen LogP contribution < -0.4 is 10.1 Å². The maximum atomic E-state index is 12.5. The molecule has 0 aliphatic carbocycles. The Balaban J connectivity index is 1.63. The van der Waals surface area contributed by atoms with E-state index in [-0.39, 0.29) is 5.91 Å². The molecule has 0 radical (unpaired) electrons. The maximum Gasteiger partial charge on any atom is 0.256 e. The standard InChI is InChI=1S/C24H20ClNO2/c1-16-5-8-19(9-6-16)28-20-4-2-3-18(13-20)15-22-21-14-17(11-12-25)7-10-23(21)26-24(22)27/h2-10,13-15H,11-12H2,1H3,(H,26,27). The number of alkyl halides is 1. The molecule has 4 rings (SSSR count). The number of carbonyl (C=O) groups is 1. The second-order valence-corrected chi connectivity index (χ2v) is 7.20. The van der Waals surface area contributed by atoms with E-state index in [1.165, 1.54) is 5.56 Å². The molecule has 1 aliphatic rings. The molecule has 140 valence electrons. The summed E-state index contributed by atoms with van der Waals surface area (Å²) < 4.78 is 5.94. The van der Waals surface area contributed by atoms with Gasteiger partial charge in [0.25, 0.3) is 5.91 Å². The first kappa shape index (κ1) is 18.3. The molecule has 0 atom stereocenters. The minimum Gasteiger partial charge on any atom is -0.457 e. The van der Waals surface area contributed by atoms with Gasteiger partial charge >= 0.3 is 0 Å². The van der Waals surface area contributed by atoms with Gasteiger partial charge in [0.1, 0.15) is 11.5 Å². The number of ether oxygens (including phenoxy) is 1. The Morgan fingerprint density at radius 2 is 1.82 bits per heavy atom. The van der Waals surface area contributed by atoms with E-state index >= 15 is 0 Å². The van der Waals surface area contributed by atoms with E-state index in [0.29, 0.717) is 11.5 Å². The highest BCUT2D eigenvalue weighted by molar-refractivity contribution is 6.35. The fraction of sp³-hybridized carbons (Fsp3) is 0.125. The highest BCUT2D eigenvalue weighted by Gasteiger charge is 2.24. The predicted octanol–water partition coefficient (Wildman–Crippen LogP) is 6.06. The smallest absolute Gasteiger partial charge is 0.256 e. The first-order valence-corrected chi connectivity index (χ1v) is 9.73. The molecule has 28 heavy (non-hydrogen) atoms. The topological polar surface area (TPSA) is 38.3 Å². The summed E-state index contributed by atoms with van der Waals surface area (Å²) >= 11 is 5.86. The van der Waals surface area contributed by atoms with Crippen molar-refractivity contribution >= 4 is 34.8 Å². The summed E-state index contributed by atoms with van der Waals surface area (Å²) in [5.41, 5.74) is 5.61. The van der Waals surface area contributed by atoms with Gasteiger partial charge in [-0.05, 0) is 66.9 Å². The van der Waals surface area contributed by atoms with Crippen LogP contribution >= 0.6 is 11.6 Å². The second kappa shape index (κ2) is 7.91. The molecule has 3 aromatic carbocycles. The van der Waals surface area contributed by atoms with Crippen molar-refractivity contribution in [3.63, 3.8) is 0 Å². The van der Waals surface area contributed by atoms with Crippen molar-refractivity contribution in [3.8, 4) is 11.5 Å². The Labute approximate surface area is 169 Å². The van der Waals surface area contributed by atoms with Gasteiger partial charge in [0.15, 0.2) is 0 Å². The Morgan fingerprint density at radius 1 is 1.00 bits per heavy atom. The van der Waals surface area contributed by atoms with Gasteiger partial charge in [-0.1, -0.05) is 35.9 Å². The van der Waals surface area contributed by atoms with Crippen molar-refractivity contribution in [2.24, 2.45) is 0 Å². The van der Waals surface area contributed by atoms with Gasteiger partial charge in [0.2, 0.25) is 0 Å². The lowest BCUT2D eigenvalue weighted by Crippen LogP contribution is -2.03. The lowest BCUT2D eigenvalue weighted by molar-refractivity contribution is -0.110. The first-order valence-electron chi connectivity index (χ1n) is 9.19. The Kier molecular flexibility index (Phi) is 5.18. The van der Waals surface area contributed by atoms with Gasteiger partial charge in [-0.2, -0.15) is 0 Å². The highest BCUT2D eigenvalue weighted by atomic mass is 35.5. The number of nitrogens with one attached hydrogen (secondary N) is 1. The Hall–Kier alpha value is -3.04. The van der Waals surface area contributed by atoms with Crippen LogP contribution in [0.4, 0.5) is 5.69 Å². The normalized spacial score (nSPS) is 14.1. The van der Waals surface area contributed by atoms with Crippen LogP contribution in [-0.4, -0.2) is 11.8 Å². The molecule has 0 bridgehead atoms. The summed E-state index contributed by atoms with van der Waals surface area (Å²) in [6, 6.07) is 21.6. The number of fused-ring (bicyclic) bond motifs is 1. The quantitative estimate of drug-likeness (QED) is 0.425. The SMILES string of the molecule is Cc1ccc(Oc2cccc(C=C3C(=O)Nc4ccc(CCCl)cc43)c2)cc1. The number of amides is 1. The summed E-state index contributed by atoms with van der Waals surface area (Å²) in [7, 11) is 0. The average Bonchev–Trinajstić information content (AvgIpc) is 2.99. The van der Waals surface area contributed by atoms with Crippen molar-refractivity contribution < 1.29 is 9.53 Å². The molecule has 1 N–H and O–H groups in total. The molecule has 0 unspecified atom stereocenters. The fourth-order valence-electron chi connectivity index (χ4n) is 3.22. The molecule has 4 heteroatoms. The summed E-state index contributed by atoms with van der Waals surface area (Å²) in [5.74, 6) is 1.97. The van der Waals surface area contributed by atoms with Crippen molar-refractivity contribution in [1.82, 2.24) is 0 Å². The van der Waals surface area contributed by atoms with E-state index in [1.54, 1.807) is 0 Å².